The molecule has 0 amide bonds. The van der Waals surface area contributed by atoms with Crippen molar-refractivity contribution in [3.05, 3.63) is 130 Å². The summed E-state index contributed by atoms with van der Waals surface area (Å²) in [6.45, 7) is 5.36. The fraction of sp³-hybridized carbons (Fsp3) is 0.195. The van der Waals surface area contributed by atoms with E-state index >= 15 is 0 Å². The monoisotopic (exact) mass is 720 g/mol. The maximum Gasteiger partial charge on any atom is 0.331 e. The largest absolute Gasteiger partial charge is 0.508 e. The number of carbonyl (C=O) groups excluding carboxylic acids is 2. The Morgan fingerprint density at radius 2 is 1.30 bits per heavy atom. The third-order valence-corrected chi connectivity index (χ3v) is 8.55. The molecule has 1 aromatic heterocycles. The molecule has 53 heavy (non-hydrogen) atoms. The van der Waals surface area contributed by atoms with E-state index in [-0.39, 0.29) is 33.8 Å². The average Bonchev–Trinajstić information content (AvgIpc) is 3.13. The number of esters is 2. The molecule has 0 bridgehead atoms. The van der Waals surface area contributed by atoms with Crippen molar-refractivity contribution in [3.63, 3.8) is 0 Å². The minimum Gasteiger partial charge on any atom is -0.508 e. The molecule has 1 aliphatic heterocycles. The highest BCUT2D eigenvalue weighted by Gasteiger charge is 2.49. The molecule has 0 spiro atoms. The molecule has 6 rings (SSSR count). The number of carbonyl (C=O) groups is 2. The van der Waals surface area contributed by atoms with Gasteiger partial charge in [-0.05, 0) is 68.3 Å². The zero-order chi connectivity index (χ0) is 37.8. The van der Waals surface area contributed by atoms with Crippen LogP contribution in [0, 0.1) is 13.8 Å². The second kappa shape index (κ2) is 15.5. The van der Waals surface area contributed by atoms with Gasteiger partial charge < -0.3 is 43.8 Å². The number of phenolic OH excluding ortho intramolecular Hbond substituents is 2. The van der Waals surface area contributed by atoms with Crippen LogP contribution in [-0.4, -0.2) is 63.1 Å². The summed E-state index contributed by atoms with van der Waals surface area (Å²) in [5, 5.41) is 42.0. The molecule has 0 radical (unpaired) electrons. The molecule has 5 aromatic rings. The van der Waals surface area contributed by atoms with Crippen LogP contribution in [0.5, 0.6) is 23.0 Å². The number of aromatic hydroxyl groups is 3. The van der Waals surface area contributed by atoms with Crippen LogP contribution in [0.25, 0.3) is 34.4 Å². The molecule has 1 fully saturated rings. The highest BCUT2D eigenvalue weighted by Crippen LogP contribution is 2.37. The molecule has 272 valence electrons. The van der Waals surface area contributed by atoms with Crippen LogP contribution in [0.3, 0.4) is 0 Å². The first-order chi connectivity index (χ1) is 25.4. The number of aliphatic hydroxyl groups is 1. The Kier molecular flexibility index (Phi) is 10.6. The Morgan fingerprint density at radius 1 is 0.755 bits per heavy atom. The van der Waals surface area contributed by atoms with E-state index in [1.165, 1.54) is 55.5 Å². The van der Waals surface area contributed by atoms with Gasteiger partial charge in [-0.2, -0.15) is 0 Å². The SMILES string of the molecule is Cc1ccc(C=CC(=O)OC2C(Oc3cc(O)c4c(=O)c(O)c(-c5ccc(O)cc5)oc4c3)OC(C)C(O)C2OC(=O)C=Cc2ccc(C)cc2)cc1. The number of phenols is 2. The van der Waals surface area contributed by atoms with Crippen molar-refractivity contribution in [1.82, 2.24) is 0 Å². The molecular formula is C41H36O12. The molecule has 12 heteroatoms. The predicted molar refractivity (Wildman–Crippen MR) is 194 cm³/mol. The number of hydrogen-bond acceptors (Lipinski definition) is 12. The standard InChI is InChI=1S/C41H36O12/c1-22-4-8-25(9-5-22)12-18-32(44)52-39-35(46)24(3)49-41(40(39)53-33(45)19-13-26-10-6-23(2)7-11-26)50-29-20-30(43)34-31(21-29)51-38(37(48)36(34)47)27-14-16-28(42)17-15-27/h4-21,24,35,39-43,46,48H,1-3H3. The first-order valence-corrected chi connectivity index (χ1v) is 16.6. The van der Waals surface area contributed by atoms with Gasteiger partial charge in [0.05, 0.1) is 6.10 Å². The summed E-state index contributed by atoms with van der Waals surface area (Å²) in [5.41, 5.74) is 2.65. The van der Waals surface area contributed by atoms with Crippen molar-refractivity contribution < 1.29 is 53.4 Å². The molecule has 5 unspecified atom stereocenters. The summed E-state index contributed by atoms with van der Waals surface area (Å²) >= 11 is 0. The summed E-state index contributed by atoms with van der Waals surface area (Å²) in [6, 6.07) is 22.6. The lowest BCUT2D eigenvalue weighted by atomic mass is 9.99. The van der Waals surface area contributed by atoms with Crippen LogP contribution in [-0.2, 0) is 23.8 Å². The van der Waals surface area contributed by atoms with Crippen molar-refractivity contribution in [2.45, 2.75) is 51.5 Å². The molecule has 4 aromatic carbocycles. The smallest absolute Gasteiger partial charge is 0.331 e. The quantitative estimate of drug-likeness (QED) is 0.104. The summed E-state index contributed by atoms with van der Waals surface area (Å²) in [4.78, 5) is 39.4. The maximum atomic E-state index is 13.2. The van der Waals surface area contributed by atoms with E-state index in [9.17, 15) is 34.8 Å². The second-order valence-electron chi connectivity index (χ2n) is 12.6. The van der Waals surface area contributed by atoms with E-state index in [4.69, 9.17) is 23.4 Å². The van der Waals surface area contributed by atoms with E-state index < -0.39 is 59.6 Å². The molecule has 5 atom stereocenters. The van der Waals surface area contributed by atoms with Gasteiger partial charge in [0.25, 0.3) is 0 Å². The van der Waals surface area contributed by atoms with Crippen molar-refractivity contribution >= 4 is 35.1 Å². The summed E-state index contributed by atoms with van der Waals surface area (Å²) in [6.07, 6.45) is -1.65. The fourth-order valence-electron chi connectivity index (χ4n) is 5.65. The molecule has 4 N–H and O–H groups in total. The summed E-state index contributed by atoms with van der Waals surface area (Å²) in [7, 11) is 0. The zero-order valence-electron chi connectivity index (χ0n) is 28.8. The fourth-order valence-corrected chi connectivity index (χ4v) is 5.65. The molecule has 12 nitrogen and oxygen atoms in total. The summed E-state index contributed by atoms with van der Waals surface area (Å²) < 4.78 is 29.3. The highest BCUT2D eigenvalue weighted by atomic mass is 16.7. The number of fused-ring (bicyclic) bond motifs is 1. The third-order valence-electron chi connectivity index (χ3n) is 8.55. The molecule has 1 saturated heterocycles. The summed E-state index contributed by atoms with van der Waals surface area (Å²) in [5.74, 6) is -3.50. The Bertz CT molecular complexity index is 2240. The van der Waals surface area contributed by atoms with Crippen LogP contribution < -0.4 is 10.2 Å². The topological polar surface area (TPSA) is 182 Å². The van der Waals surface area contributed by atoms with Gasteiger partial charge in [0.2, 0.25) is 23.6 Å². The Balaban J connectivity index is 1.33. The van der Waals surface area contributed by atoms with E-state index in [0.717, 1.165) is 28.8 Å². The number of hydrogen-bond donors (Lipinski definition) is 4. The van der Waals surface area contributed by atoms with Gasteiger partial charge in [0, 0.05) is 29.8 Å². The number of aryl methyl sites for hydroxylation is 2. The normalized spacial score (nSPS) is 20.1. The molecular weight excluding hydrogens is 684 g/mol. The van der Waals surface area contributed by atoms with Crippen LogP contribution in [0.2, 0.25) is 0 Å². The lowest BCUT2D eigenvalue weighted by Crippen LogP contribution is -2.61. The lowest BCUT2D eigenvalue weighted by Gasteiger charge is -2.42. The molecule has 1 aliphatic rings. The van der Waals surface area contributed by atoms with Gasteiger partial charge in [0.15, 0.2) is 11.9 Å². The van der Waals surface area contributed by atoms with E-state index in [1.54, 1.807) is 0 Å². The van der Waals surface area contributed by atoms with Gasteiger partial charge in [0.1, 0.15) is 34.3 Å². The van der Waals surface area contributed by atoms with Crippen LogP contribution >= 0.6 is 0 Å². The number of aliphatic hydroxyl groups excluding tert-OH is 1. The van der Waals surface area contributed by atoms with E-state index in [1.807, 2.05) is 62.4 Å². The van der Waals surface area contributed by atoms with Gasteiger partial charge in [-0.3, -0.25) is 4.79 Å². The van der Waals surface area contributed by atoms with Crippen molar-refractivity contribution in [3.8, 4) is 34.3 Å². The van der Waals surface area contributed by atoms with Crippen molar-refractivity contribution in [1.29, 1.82) is 0 Å². The Morgan fingerprint density at radius 3 is 1.87 bits per heavy atom. The first kappa shape index (κ1) is 36.4. The Labute approximate surface area is 303 Å². The first-order valence-electron chi connectivity index (χ1n) is 16.6. The van der Waals surface area contributed by atoms with Gasteiger partial charge in [-0.1, -0.05) is 59.7 Å². The number of ether oxygens (including phenoxy) is 4. The van der Waals surface area contributed by atoms with Gasteiger partial charge in [-0.25, -0.2) is 9.59 Å². The molecule has 0 saturated carbocycles. The molecule has 2 heterocycles. The van der Waals surface area contributed by atoms with Crippen molar-refractivity contribution in [2.24, 2.45) is 0 Å². The zero-order valence-corrected chi connectivity index (χ0v) is 28.8. The number of benzene rings is 4. The number of rotatable bonds is 9. The third kappa shape index (κ3) is 8.41. The van der Waals surface area contributed by atoms with E-state index in [2.05, 4.69) is 0 Å². The van der Waals surface area contributed by atoms with Crippen molar-refractivity contribution in [2.75, 3.05) is 0 Å². The average molecular weight is 721 g/mol. The second-order valence-corrected chi connectivity index (χ2v) is 12.6. The van der Waals surface area contributed by atoms with Crippen LogP contribution in [0.15, 0.2) is 106 Å². The predicted octanol–water partition coefficient (Wildman–Crippen LogP) is 5.93. The van der Waals surface area contributed by atoms with Gasteiger partial charge >= 0.3 is 11.9 Å². The molecule has 0 aliphatic carbocycles. The van der Waals surface area contributed by atoms with Crippen LogP contribution in [0.4, 0.5) is 0 Å². The maximum absolute atomic E-state index is 13.2. The van der Waals surface area contributed by atoms with Gasteiger partial charge in [-0.15, -0.1) is 0 Å². The Hall–Kier alpha value is -6.37. The minimum absolute atomic E-state index is 0.0521. The van der Waals surface area contributed by atoms with Crippen LogP contribution in [0.1, 0.15) is 29.2 Å². The van der Waals surface area contributed by atoms with E-state index in [0.29, 0.717) is 5.56 Å². The highest BCUT2D eigenvalue weighted by molar-refractivity contribution is 5.89. The lowest BCUT2D eigenvalue weighted by molar-refractivity contribution is -0.275. The minimum atomic E-state index is -1.55.